The maximum absolute atomic E-state index is 15.1. The molecule has 1 fully saturated rings. The van der Waals surface area contributed by atoms with Crippen LogP contribution in [0.3, 0.4) is 0 Å². The van der Waals surface area contributed by atoms with Crippen molar-refractivity contribution in [2.24, 2.45) is 7.05 Å². The van der Waals surface area contributed by atoms with Crippen LogP contribution >= 0.6 is 0 Å². The largest absolute Gasteiger partial charge is 0.497 e. The maximum atomic E-state index is 15.1. The fourth-order valence-electron chi connectivity index (χ4n) is 2.64. The number of halogens is 1. The molecule has 0 bridgehead atoms. The van der Waals surface area contributed by atoms with Gasteiger partial charge >= 0.3 is 7.12 Å². The van der Waals surface area contributed by atoms with Crippen molar-refractivity contribution >= 4 is 12.6 Å². The van der Waals surface area contributed by atoms with Crippen LogP contribution in [0, 0.1) is 12.7 Å². The first-order chi connectivity index (χ1) is 10.6. The normalized spacial score (nSPS) is 19.3. The van der Waals surface area contributed by atoms with Gasteiger partial charge in [0, 0.05) is 18.1 Å². The van der Waals surface area contributed by atoms with Crippen LogP contribution in [-0.2, 0) is 16.4 Å². The van der Waals surface area contributed by atoms with Crippen molar-refractivity contribution in [1.29, 1.82) is 0 Å². The highest BCUT2D eigenvalue weighted by atomic mass is 19.1. The van der Waals surface area contributed by atoms with Crippen LogP contribution in [0.2, 0.25) is 0 Å². The van der Waals surface area contributed by atoms with Gasteiger partial charge in [-0.2, -0.15) is 15.0 Å². The molecule has 0 saturated carbocycles. The minimum absolute atomic E-state index is 0.380. The van der Waals surface area contributed by atoms with Gasteiger partial charge in [-0.05, 0) is 40.7 Å². The Morgan fingerprint density at radius 3 is 2.22 bits per heavy atom. The van der Waals surface area contributed by atoms with E-state index in [0.717, 1.165) is 0 Å². The van der Waals surface area contributed by atoms with E-state index in [1.807, 2.05) is 34.6 Å². The number of nitrogens with zero attached hydrogens (tertiary/aromatic N) is 3. The summed E-state index contributed by atoms with van der Waals surface area (Å²) in [5.41, 5.74) is 0.973. The molecule has 0 N–H and O–H groups in total. The van der Waals surface area contributed by atoms with E-state index < -0.39 is 18.3 Å². The maximum Gasteiger partial charge on any atom is 0.497 e. The van der Waals surface area contributed by atoms with Gasteiger partial charge in [0.2, 0.25) is 0 Å². The molecule has 7 heteroatoms. The summed E-state index contributed by atoms with van der Waals surface area (Å²) >= 11 is 0. The smallest absolute Gasteiger partial charge is 0.399 e. The van der Waals surface area contributed by atoms with Crippen molar-refractivity contribution in [1.82, 2.24) is 15.0 Å². The summed E-state index contributed by atoms with van der Waals surface area (Å²) in [5, 5.41) is 8.43. The van der Waals surface area contributed by atoms with Gasteiger partial charge in [0.05, 0.1) is 16.9 Å². The van der Waals surface area contributed by atoms with E-state index >= 15 is 4.39 Å². The van der Waals surface area contributed by atoms with Gasteiger partial charge in [-0.25, -0.2) is 4.39 Å². The molecule has 1 saturated heterocycles. The van der Waals surface area contributed by atoms with Crippen molar-refractivity contribution in [3.63, 3.8) is 0 Å². The van der Waals surface area contributed by atoms with Gasteiger partial charge in [0.25, 0.3) is 0 Å². The summed E-state index contributed by atoms with van der Waals surface area (Å²) in [6.45, 7) is 9.59. The molecule has 3 rings (SSSR count). The Balaban J connectivity index is 2.04. The third kappa shape index (κ3) is 2.58. The molecule has 2 heterocycles. The predicted molar refractivity (Wildman–Crippen MR) is 86.9 cm³/mol. The van der Waals surface area contributed by atoms with E-state index in [1.54, 1.807) is 25.2 Å². The van der Waals surface area contributed by atoms with Crippen LogP contribution in [0.15, 0.2) is 18.2 Å². The van der Waals surface area contributed by atoms with Crippen molar-refractivity contribution in [3.8, 4) is 11.3 Å². The molecule has 0 amide bonds. The third-order valence-electron chi connectivity index (χ3n) is 4.67. The summed E-state index contributed by atoms with van der Waals surface area (Å²) in [4.78, 5) is 1.44. The molecule has 0 aliphatic carbocycles. The van der Waals surface area contributed by atoms with Crippen molar-refractivity contribution in [2.45, 2.75) is 45.8 Å². The highest BCUT2D eigenvalue weighted by Crippen LogP contribution is 2.37. The molecule has 1 aliphatic rings. The second-order valence-electron chi connectivity index (χ2n) is 6.92. The Bertz CT molecular complexity index is 742. The Kier molecular flexibility index (Phi) is 3.61. The molecule has 122 valence electrons. The lowest BCUT2D eigenvalue weighted by Crippen LogP contribution is -2.41. The first-order valence-corrected chi connectivity index (χ1v) is 7.65. The lowest BCUT2D eigenvalue weighted by atomic mass is 9.77. The number of hydrogen-bond donors (Lipinski definition) is 0. The van der Waals surface area contributed by atoms with Crippen LogP contribution in [0.25, 0.3) is 11.3 Å². The average Bonchev–Trinajstić information content (AvgIpc) is 2.86. The van der Waals surface area contributed by atoms with Gasteiger partial charge in [-0.3, -0.25) is 0 Å². The van der Waals surface area contributed by atoms with E-state index in [-0.39, 0.29) is 5.82 Å². The van der Waals surface area contributed by atoms with E-state index in [4.69, 9.17) is 9.31 Å². The van der Waals surface area contributed by atoms with E-state index in [2.05, 4.69) is 10.2 Å². The second-order valence-corrected chi connectivity index (χ2v) is 6.92. The minimum atomic E-state index is -0.739. The Labute approximate surface area is 135 Å². The topological polar surface area (TPSA) is 49.2 Å². The van der Waals surface area contributed by atoms with Crippen LogP contribution in [-0.4, -0.2) is 33.3 Å². The molecule has 0 spiro atoms. The van der Waals surface area contributed by atoms with E-state index in [1.165, 1.54) is 4.80 Å². The number of benzene rings is 1. The zero-order valence-corrected chi connectivity index (χ0v) is 14.3. The van der Waals surface area contributed by atoms with Gasteiger partial charge < -0.3 is 9.31 Å². The molecule has 0 unspecified atom stereocenters. The molecule has 1 aromatic carbocycles. The molecule has 1 aromatic heterocycles. The number of aromatic nitrogens is 3. The fraction of sp³-hybridized carbons (Fsp3) is 0.500. The van der Waals surface area contributed by atoms with Crippen LogP contribution in [0.5, 0.6) is 0 Å². The Morgan fingerprint density at radius 2 is 1.70 bits per heavy atom. The van der Waals surface area contributed by atoms with Crippen molar-refractivity contribution < 1.29 is 13.7 Å². The van der Waals surface area contributed by atoms with Crippen LogP contribution in [0.1, 0.15) is 33.4 Å². The molecule has 0 radical (unpaired) electrons. The van der Waals surface area contributed by atoms with Gasteiger partial charge in [0.1, 0.15) is 11.5 Å². The van der Waals surface area contributed by atoms with Crippen molar-refractivity contribution in [2.75, 3.05) is 0 Å². The standard InChI is InChI=1S/C16H21BFN3O2/c1-10-14(20-21(6)19-10)11-8-7-9-12(13(11)18)17-22-15(2,3)16(4,5)23-17/h7-9H,1-6H3. The zero-order chi connectivity index (χ0) is 17.0. The zero-order valence-electron chi connectivity index (χ0n) is 14.3. The number of aryl methyl sites for hydroxylation is 2. The highest BCUT2D eigenvalue weighted by Gasteiger charge is 2.52. The molecule has 1 aliphatic heterocycles. The summed E-state index contributed by atoms with van der Waals surface area (Å²) in [6, 6.07) is 5.17. The molecular formula is C16H21BFN3O2. The highest BCUT2D eigenvalue weighted by molar-refractivity contribution is 6.62. The van der Waals surface area contributed by atoms with Crippen LogP contribution < -0.4 is 5.46 Å². The molecule has 2 aromatic rings. The summed E-state index contributed by atoms with van der Waals surface area (Å²) in [7, 11) is 0.976. The van der Waals surface area contributed by atoms with Crippen molar-refractivity contribution in [3.05, 3.63) is 29.7 Å². The minimum Gasteiger partial charge on any atom is -0.399 e. The monoisotopic (exact) mass is 317 g/mol. The fourth-order valence-corrected chi connectivity index (χ4v) is 2.64. The van der Waals surface area contributed by atoms with Gasteiger partial charge in [-0.1, -0.05) is 12.1 Å². The van der Waals surface area contributed by atoms with E-state index in [0.29, 0.717) is 22.4 Å². The first kappa shape index (κ1) is 16.1. The second kappa shape index (κ2) is 5.14. The van der Waals surface area contributed by atoms with Gasteiger partial charge in [0.15, 0.2) is 0 Å². The molecule has 5 nitrogen and oxygen atoms in total. The molecule has 0 atom stereocenters. The molecular weight excluding hydrogens is 296 g/mol. The lowest BCUT2D eigenvalue weighted by molar-refractivity contribution is 0.00578. The number of rotatable bonds is 2. The lowest BCUT2D eigenvalue weighted by Gasteiger charge is -2.32. The van der Waals surface area contributed by atoms with E-state index in [9.17, 15) is 0 Å². The third-order valence-corrected chi connectivity index (χ3v) is 4.67. The Hall–Kier alpha value is -1.73. The summed E-state index contributed by atoms with van der Waals surface area (Å²) < 4.78 is 27.0. The Morgan fingerprint density at radius 1 is 1.09 bits per heavy atom. The SMILES string of the molecule is Cc1nn(C)nc1-c1cccc(B2OC(C)(C)C(C)(C)O2)c1F. The quantitative estimate of drug-likeness (QED) is 0.797. The molecule has 23 heavy (non-hydrogen) atoms. The average molecular weight is 317 g/mol. The predicted octanol–water partition coefficient (Wildman–Crippen LogP) is 2.23. The summed E-state index contributed by atoms with van der Waals surface area (Å²) in [5.74, 6) is -0.380. The van der Waals surface area contributed by atoms with Crippen LogP contribution in [0.4, 0.5) is 4.39 Å². The number of hydrogen-bond acceptors (Lipinski definition) is 4. The summed E-state index contributed by atoms with van der Waals surface area (Å²) in [6.07, 6.45) is 0. The first-order valence-electron chi connectivity index (χ1n) is 7.65. The van der Waals surface area contributed by atoms with Gasteiger partial charge in [-0.15, -0.1) is 0 Å².